The van der Waals surface area contributed by atoms with Gasteiger partial charge in [0.2, 0.25) is 0 Å². The molecule has 2 heterocycles. The summed E-state index contributed by atoms with van der Waals surface area (Å²) in [5, 5.41) is 6.13. The van der Waals surface area contributed by atoms with E-state index in [9.17, 15) is 4.79 Å². The summed E-state index contributed by atoms with van der Waals surface area (Å²) >= 11 is 0. The van der Waals surface area contributed by atoms with E-state index in [1.807, 2.05) is 24.9 Å². The van der Waals surface area contributed by atoms with E-state index in [1.54, 1.807) is 0 Å². The van der Waals surface area contributed by atoms with Crippen LogP contribution in [0, 0.1) is 20.8 Å². The minimum atomic E-state index is -0.0655. The first-order valence-electron chi connectivity index (χ1n) is 9.98. The molecule has 1 aromatic heterocycles. The first kappa shape index (κ1) is 20.0. The minimum Gasteiger partial charge on any atom is -0.371 e. The van der Waals surface area contributed by atoms with Gasteiger partial charge in [-0.15, -0.1) is 0 Å². The van der Waals surface area contributed by atoms with Crippen LogP contribution >= 0.6 is 0 Å². The maximum absolute atomic E-state index is 12.8. The number of carbonyl (C=O) groups is 1. The monoisotopic (exact) mass is 381 g/mol. The molecule has 0 unspecified atom stereocenters. The molecule has 1 aliphatic rings. The van der Waals surface area contributed by atoms with Gasteiger partial charge in [0.05, 0.1) is 5.69 Å². The molecule has 0 atom stereocenters. The highest BCUT2D eigenvalue weighted by Gasteiger charge is 2.22. The van der Waals surface area contributed by atoms with Crippen molar-refractivity contribution < 1.29 is 4.79 Å². The molecule has 6 nitrogen and oxygen atoms in total. The smallest absolute Gasteiger partial charge is 0.322 e. The molecule has 2 amide bonds. The van der Waals surface area contributed by atoms with Gasteiger partial charge in [0.1, 0.15) is 5.82 Å². The van der Waals surface area contributed by atoms with Gasteiger partial charge in [-0.3, -0.25) is 0 Å². The number of urea groups is 1. The van der Waals surface area contributed by atoms with E-state index in [0.29, 0.717) is 18.9 Å². The van der Waals surface area contributed by atoms with Crippen molar-refractivity contribution in [1.82, 2.24) is 9.88 Å². The van der Waals surface area contributed by atoms with Gasteiger partial charge >= 0.3 is 6.03 Å². The fourth-order valence-corrected chi connectivity index (χ4v) is 3.79. The van der Waals surface area contributed by atoms with E-state index in [4.69, 9.17) is 0 Å². The lowest BCUT2D eigenvalue weighted by molar-refractivity contribution is 0.208. The molecule has 2 N–H and O–H groups in total. The fourth-order valence-electron chi connectivity index (χ4n) is 3.79. The number of nitrogens with zero attached hydrogens (tertiary/aromatic N) is 3. The zero-order valence-electron chi connectivity index (χ0n) is 17.6. The van der Waals surface area contributed by atoms with Gasteiger partial charge in [0.25, 0.3) is 0 Å². The average Bonchev–Trinajstić information content (AvgIpc) is 2.68. The summed E-state index contributed by atoms with van der Waals surface area (Å²) in [7, 11) is 1.83. The third-order valence-electron chi connectivity index (χ3n) is 5.32. The summed E-state index contributed by atoms with van der Waals surface area (Å²) in [6.07, 6.45) is 0.889. The van der Waals surface area contributed by atoms with E-state index in [1.165, 1.54) is 16.8 Å². The fraction of sp³-hybridized carbons (Fsp3) is 0.455. The lowest BCUT2D eigenvalue weighted by atomic mass is 10.1. The molecule has 0 radical (unpaired) electrons. The van der Waals surface area contributed by atoms with Crippen molar-refractivity contribution in [3.05, 3.63) is 46.6 Å². The molecular weight excluding hydrogens is 350 g/mol. The van der Waals surface area contributed by atoms with Crippen molar-refractivity contribution >= 4 is 23.2 Å². The molecule has 2 aromatic rings. The van der Waals surface area contributed by atoms with Crippen molar-refractivity contribution in [2.75, 3.05) is 48.8 Å². The quantitative estimate of drug-likeness (QED) is 0.841. The predicted octanol–water partition coefficient (Wildman–Crippen LogP) is 3.97. The number of nitrogens with one attached hydrogen (secondary N) is 2. The topological polar surface area (TPSA) is 60.5 Å². The summed E-state index contributed by atoms with van der Waals surface area (Å²) in [4.78, 5) is 21.6. The number of pyridine rings is 1. The number of carbonyl (C=O) groups excluding carboxylic acids is 1. The second-order valence-electron chi connectivity index (χ2n) is 7.48. The maximum Gasteiger partial charge on any atom is 0.322 e. The van der Waals surface area contributed by atoms with E-state index in [-0.39, 0.29) is 6.03 Å². The number of hydrogen-bond donors (Lipinski definition) is 2. The van der Waals surface area contributed by atoms with Crippen LogP contribution in [0.25, 0.3) is 0 Å². The second-order valence-corrected chi connectivity index (χ2v) is 7.48. The summed E-state index contributed by atoms with van der Waals surface area (Å²) in [5.74, 6) is 0.705. The third-order valence-corrected chi connectivity index (χ3v) is 5.32. The number of benzene rings is 1. The summed E-state index contributed by atoms with van der Waals surface area (Å²) in [6.45, 7) is 11.4. The molecule has 3 rings (SSSR count). The number of piperazine rings is 1. The number of anilines is 3. The molecule has 1 saturated heterocycles. The number of aromatic nitrogens is 1. The van der Waals surface area contributed by atoms with Crippen molar-refractivity contribution in [1.29, 1.82) is 0 Å². The van der Waals surface area contributed by atoms with Gasteiger partial charge in [-0.2, -0.15) is 0 Å². The van der Waals surface area contributed by atoms with Crippen LogP contribution in [0.3, 0.4) is 0 Å². The lowest BCUT2D eigenvalue weighted by Gasteiger charge is -2.36. The Bertz CT molecular complexity index is 836. The molecule has 28 heavy (non-hydrogen) atoms. The van der Waals surface area contributed by atoms with Gasteiger partial charge in [-0.1, -0.05) is 13.0 Å². The molecule has 1 aromatic carbocycles. The molecule has 6 heteroatoms. The Morgan fingerprint density at radius 3 is 2.25 bits per heavy atom. The van der Waals surface area contributed by atoms with Gasteiger partial charge in [-0.05, 0) is 62.1 Å². The summed E-state index contributed by atoms with van der Waals surface area (Å²) in [6, 6.07) is 8.58. The SMILES string of the molecule is CCc1cc(NC(=O)N2CCN(c3cc(C)cc(C)c3)CC2)c(NC)nc1C. The van der Waals surface area contributed by atoms with Crippen LogP contribution in [0.2, 0.25) is 0 Å². The lowest BCUT2D eigenvalue weighted by Crippen LogP contribution is -2.50. The number of aryl methyl sites for hydroxylation is 4. The van der Waals surface area contributed by atoms with E-state index in [2.05, 4.69) is 59.5 Å². The normalized spacial score (nSPS) is 14.2. The van der Waals surface area contributed by atoms with Gasteiger partial charge < -0.3 is 20.4 Å². The van der Waals surface area contributed by atoms with Gasteiger partial charge in [0, 0.05) is 44.6 Å². The van der Waals surface area contributed by atoms with Gasteiger partial charge in [-0.25, -0.2) is 9.78 Å². The Balaban J connectivity index is 1.66. The van der Waals surface area contributed by atoms with Gasteiger partial charge in [0.15, 0.2) is 0 Å². The molecule has 150 valence electrons. The van der Waals surface area contributed by atoms with Crippen molar-refractivity contribution in [2.45, 2.75) is 34.1 Å². The Kier molecular flexibility index (Phi) is 6.07. The highest BCUT2D eigenvalue weighted by Crippen LogP contribution is 2.24. The van der Waals surface area contributed by atoms with E-state index < -0.39 is 0 Å². The number of hydrogen-bond acceptors (Lipinski definition) is 4. The Morgan fingerprint density at radius 1 is 1.04 bits per heavy atom. The summed E-state index contributed by atoms with van der Waals surface area (Å²) in [5.41, 5.74) is 6.67. The first-order valence-corrected chi connectivity index (χ1v) is 9.98. The molecule has 1 fully saturated rings. The average molecular weight is 382 g/mol. The molecular formula is C22H31N5O. The highest BCUT2D eigenvalue weighted by atomic mass is 16.2. The zero-order chi connectivity index (χ0) is 20.3. The van der Waals surface area contributed by atoms with E-state index in [0.717, 1.165) is 36.5 Å². The van der Waals surface area contributed by atoms with Crippen LogP contribution in [-0.4, -0.2) is 49.1 Å². The molecule has 1 aliphatic heterocycles. The molecule has 0 aliphatic carbocycles. The number of amides is 2. The molecule has 0 saturated carbocycles. The third kappa shape index (κ3) is 4.38. The maximum atomic E-state index is 12.8. The first-order chi connectivity index (χ1) is 13.4. The Morgan fingerprint density at radius 2 is 1.68 bits per heavy atom. The van der Waals surface area contributed by atoms with Crippen molar-refractivity contribution in [3.63, 3.8) is 0 Å². The van der Waals surface area contributed by atoms with Crippen molar-refractivity contribution in [2.24, 2.45) is 0 Å². The number of rotatable bonds is 4. The van der Waals surface area contributed by atoms with Crippen LogP contribution in [0.4, 0.5) is 22.0 Å². The predicted molar refractivity (Wildman–Crippen MR) is 117 cm³/mol. The minimum absolute atomic E-state index is 0.0655. The van der Waals surface area contributed by atoms with Crippen LogP contribution < -0.4 is 15.5 Å². The van der Waals surface area contributed by atoms with Crippen molar-refractivity contribution in [3.8, 4) is 0 Å². The standard InChI is InChI=1S/C22H31N5O/c1-6-18-14-20(21(23-5)24-17(18)4)25-22(28)27-9-7-26(8-10-27)19-12-15(2)11-16(3)13-19/h11-14H,6-10H2,1-5H3,(H,23,24)(H,25,28). The van der Waals surface area contributed by atoms with Crippen LogP contribution in [0.15, 0.2) is 24.3 Å². The highest BCUT2D eigenvalue weighted by molar-refractivity contribution is 5.92. The zero-order valence-corrected chi connectivity index (χ0v) is 17.6. The Hall–Kier alpha value is -2.76. The van der Waals surface area contributed by atoms with Crippen LogP contribution in [-0.2, 0) is 6.42 Å². The second kappa shape index (κ2) is 8.50. The van der Waals surface area contributed by atoms with Crippen LogP contribution in [0.1, 0.15) is 29.3 Å². The largest absolute Gasteiger partial charge is 0.371 e. The molecule has 0 spiro atoms. The van der Waals surface area contributed by atoms with Crippen LogP contribution in [0.5, 0.6) is 0 Å². The Labute approximate surface area is 167 Å². The molecule has 0 bridgehead atoms. The summed E-state index contributed by atoms with van der Waals surface area (Å²) < 4.78 is 0. The van der Waals surface area contributed by atoms with E-state index >= 15 is 0 Å².